The summed E-state index contributed by atoms with van der Waals surface area (Å²) in [6, 6.07) is 1.79. The lowest BCUT2D eigenvalue weighted by atomic mass is 10.1. The Morgan fingerprint density at radius 1 is 1.83 bits per heavy atom. The molecule has 4 nitrogen and oxygen atoms in total. The number of hydrogen-bond donors (Lipinski definition) is 1. The topological polar surface area (TPSA) is 61.8 Å². The smallest absolute Gasteiger partial charge is 0.191 e. The van der Waals surface area contributed by atoms with Gasteiger partial charge in [0, 0.05) is 7.05 Å². The molecule has 0 aliphatic carbocycles. The predicted octanol–water partition coefficient (Wildman–Crippen LogP) is 0.914. The summed E-state index contributed by atoms with van der Waals surface area (Å²) >= 11 is 3.20. The van der Waals surface area contributed by atoms with E-state index in [4.69, 9.17) is 5.26 Å². The van der Waals surface area contributed by atoms with Crippen molar-refractivity contribution in [2.45, 2.75) is 12.5 Å². The molecule has 0 bridgehead atoms. The maximum Gasteiger partial charge on any atom is 0.191 e. The lowest BCUT2D eigenvalue weighted by Crippen LogP contribution is -2.22. The van der Waals surface area contributed by atoms with Crippen LogP contribution in [0.4, 0.5) is 0 Å². The van der Waals surface area contributed by atoms with E-state index in [9.17, 15) is 5.11 Å². The third kappa shape index (κ3) is 1.36. The highest BCUT2D eigenvalue weighted by molar-refractivity contribution is 9.10. The summed E-state index contributed by atoms with van der Waals surface area (Å²) in [7, 11) is 1.67. The number of nitriles is 1. The van der Waals surface area contributed by atoms with E-state index in [0.717, 1.165) is 0 Å². The van der Waals surface area contributed by atoms with Crippen molar-refractivity contribution < 1.29 is 5.11 Å². The molecule has 0 spiro atoms. The van der Waals surface area contributed by atoms with E-state index in [1.807, 2.05) is 0 Å². The molecule has 1 atom stereocenters. The molecule has 0 aliphatic heterocycles. The lowest BCUT2D eigenvalue weighted by Gasteiger charge is -2.14. The second kappa shape index (κ2) is 2.88. The van der Waals surface area contributed by atoms with Crippen LogP contribution < -0.4 is 0 Å². The summed E-state index contributed by atoms with van der Waals surface area (Å²) in [6.07, 6.45) is 1.54. The van der Waals surface area contributed by atoms with Crippen LogP contribution in [0.1, 0.15) is 12.6 Å². The van der Waals surface area contributed by atoms with E-state index >= 15 is 0 Å². The van der Waals surface area contributed by atoms with Crippen LogP contribution in [0.2, 0.25) is 0 Å². The maximum absolute atomic E-state index is 9.59. The number of halogens is 1. The van der Waals surface area contributed by atoms with Crippen LogP contribution in [0.25, 0.3) is 0 Å². The third-order valence-electron chi connectivity index (χ3n) is 1.57. The third-order valence-corrected chi connectivity index (χ3v) is 2.15. The van der Waals surface area contributed by atoms with Gasteiger partial charge in [-0.25, -0.2) is 0 Å². The zero-order valence-corrected chi connectivity index (χ0v) is 8.33. The highest BCUT2D eigenvalue weighted by Crippen LogP contribution is 2.26. The molecule has 1 N–H and O–H groups in total. The van der Waals surface area contributed by atoms with Crippen LogP contribution in [-0.2, 0) is 12.6 Å². The summed E-state index contributed by atoms with van der Waals surface area (Å²) < 4.78 is 2.10. The van der Waals surface area contributed by atoms with Crippen LogP contribution >= 0.6 is 15.9 Å². The van der Waals surface area contributed by atoms with Gasteiger partial charge in [0.15, 0.2) is 5.60 Å². The van der Waals surface area contributed by atoms with Crippen molar-refractivity contribution in [2.24, 2.45) is 7.05 Å². The van der Waals surface area contributed by atoms with Crippen LogP contribution in [0.5, 0.6) is 0 Å². The summed E-state index contributed by atoms with van der Waals surface area (Å²) in [6.45, 7) is 1.43. The van der Waals surface area contributed by atoms with Gasteiger partial charge in [-0.05, 0) is 22.9 Å². The Morgan fingerprint density at radius 3 is 2.75 bits per heavy atom. The van der Waals surface area contributed by atoms with Crippen LogP contribution in [0, 0.1) is 11.3 Å². The fourth-order valence-corrected chi connectivity index (χ4v) is 1.75. The molecule has 1 heterocycles. The standard InChI is InChI=1S/C7H8BrN3O/c1-7(12,4-9)6-5(8)3-10-11(6)2/h3,12H,1-2H3. The minimum absolute atomic E-state index is 0.463. The van der Waals surface area contributed by atoms with Gasteiger partial charge < -0.3 is 5.11 Å². The molecule has 0 saturated heterocycles. The van der Waals surface area contributed by atoms with E-state index < -0.39 is 5.60 Å². The second-order valence-electron chi connectivity index (χ2n) is 2.65. The van der Waals surface area contributed by atoms with E-state index in [2.05, 4.69) is 21.0 Å². The molecule has 0 fully saturated rings. The molecule has 0 saturated carbocycles. The number of hydrogen-bond acceptors (Lipinski definition) is 3. The van der Waals surface area contributed by atoms with E-state index in [1.54, 1.807) is 19.3 Å². The molecule has 1 unspecified atom stereocenters. The van der Waals surface area contributed by atoms with Crippen molar-refractivity contribution in [3.05, 3.63) is 16.4 Å². The minimum Gasteiger partial charge on any atom is -0.370 e. The summed E-state index contributed by atoms with van der Waals surface area (Å²) in [5, 5.41) is 22.1. The highest BCUT2D eigenvalue weighted by Gasteiger charge is 2.28. The average Bonchev–Trinajstić information content (AvgIpc) is 2.31. The van der Waals surface area contributed by atoms with Gasteiger partial charge in [0.05, 0.1) is 16.4 Å². The second-order valence-corrected chi connectivity index (χ2v) is 3.50. The predicted molar refractivity (Wildman–Crippen MR) is 46.1 cm³/mol. The SMILES string of the molecule is Cn1ncc(Br)c1C(C)(O)C#N. The molecule has 64 valence electrons. The number of aliphatic hydroxyl groups is 1. The molecule has 1 rings (SSSR count). The van der Waals surface area contributed by atoms with Gasteiger partial charge in [0.2, 0.25) is 0 Å². The van der Waals surface area contributed by atoms with Crippen molar-refractivity contribution >= 4 is 15.9 Å². The van der Waals surface area contributed by atoms with Crippen molar-refractivity contribution in [3.63, 3.8) is 0 Å². The van der Waals surface area contributed by atoms with Crippen molar-refractivity contribution in [2.75, 3.05) is 0 Å². The van der Waals surface area contributed by atoms with Crippen molar-refractivity contribution in [1.82, 2.24) is 9.78 Å². The molecule has 0 aromatic carbocycles. The van der Waals surface area contributed by atoms with Crippen LogP contribution in [0.3, 0.4) is 0 Å². The van der Waals surface area contributed by atoms with Gasteiger partial charge in [-0.1, -0.05) is 0 Å². The Morgan fingerprint density at radius 2 is 2.42 bits per heavy atom. The monoisotopic (exact) mass is 229 g/mol. The van der Waals surface area contributed by atoms with Gasteiger partial charge in [0.1, 0.15) is 6.07 Å². The normalized spacial score (nSPS) is 15.2. The molecular weight excluding hydrogens is 222 g/mol. The molecule has 0 aliphatic rings. The first-order valence-corrected chi connectivity index (χ1v) is 4.10. The van der Waals surface area contributed by atoms with Gasteiger partial charge in [-0.2, -0.15) is 10.4 Å². The Hall–Kier alpha value is -0.860. The fraction of sp³-hybridized carbons (Fsp3) is 0.429. The summed E-state index contributed by atoms with van der Waals surface area (Å²) in [4.78, 5) is 0. The van der Waals surface area contributed by atoms with Crippen molar-refractivity contribution in [3.8, 4) is 6.07 Å². The average molecular weight is 230 g/mol. The van der Waals surface area contributed by atoms with Crippen LogP contribution in [0.15, 0.2) is 10.7 Å². The largest absolute Gasteiger partial charge is 0.370 e. The van der Waals surface area contributed by atoms with E-state index in [-0.39, 0.29) is 0 Å². The fourth-order valence-electron chi connectivity index (χ4n) is 1.01. The van der Waals surface area contributed by atoms with Gasteiger partial charge in [-0.3, -0.25) is 4.68 Å². The number of rotatable bonds is 1. The van der Waals surface area contributed by atoms with E-state index in [1.165, 1.54) is 11.6 Å². The Labute approximate surface area is 78.6 Å². The van der Waals surface area contributed by atoms with Crippen molar-refractivity contribution in [1.29, 1.82) is 5.26 Å². The Balaban J connectivity index is 3.28. The summed E-state index contributed by atoms with van der Waals surface area (Å²) in [5.41, 5.74) is -1.03. The molecule has 5 heteroatoms. The highest BCUT2D eigenvalue weighted by atomic mass is 79.9. The molecule has 0 radical (unpaired) electrons. The molecule has 1 aromatic rings. The lowest BCUT2D eigenvalue weighted by molar-refractivity contribution is 0.109. The van der Waals surface area contributed by atoms with Gasteiger partial charge >= 0.3 is 0 Å². The molecular formula is C7H8BrN3O. The zero-order valence-electron chi connectivity index (χ0n) is 6.74. The maximum atomic E-state index is 9.59. The number of aryl methyl sites for hydroxylation is 1. The van der Waals surface area contributed by atoms with Gasteiger partial charge in [0.25, 0.3) is 0 Å². The molecule has 1 aromatic heterocycles. The number of aromatic nitrogens is 2. The zero-order chi connectivity index (χ0) is 9.35. The molecule has 12 heavy (non-hydrogen) atoms. The first-order chi connectivity index (χ1) is 5.49. The van der Waals surface area contributed by atoms with Gasteiger partial charge in [-0.15, -0.1) is 0 Å². The Kier molecular flexibility index (Phi) is 2.22. The number of nitrogens with zero attached hydrogens (tertiary/aromatic N) is 3. The quantitative estimate of drug-likeness (QED) is 0.729. The molecule has 0 amide bonds. The minimum atomic E-state index is -1.50. The van der Waals surface area contributed by atoms with Crippen LogP contribution in [-0.4, -0.2) is 14.9 Å². The first kappa shape index (κ1) is 9.23. The Bertz CT molecular complexity index is 317. The van der Waals surface area contributed by atoms with E-state index in [0.29, 0.717) is 10.2 Å². The summed E-state index contributed by atoms with van der Waals surface area (Å²) in [5.74, 6) is 0. The first-order valence-electron chi connectivity index (χ1n) is 3.30.